The Morgan fingerprint density at radius 1 is 1.03 bits per heavy atom. The van der Waals surface area contributed by atoms with Gasteiger partial charge in [-0.1, -0.05) is 31.4 Å². The van der Waals surface area contributed by atoms with E-state index in [1.807, 2.05) is 0 Å². The fourth-order valence-electron chi connectivity index (χ4n) is 5.32. The summed E-state index contributed by atoms with van der Waals surface area (Å²) in [4.78, 5) is 33.3. The predicted octanol–water partition coefficient (Wildman–Crippen LogP) is 4.13. The zero-order valence-corrected chi connectivity index (χ0v) is 19.8. The topological polar surface area (TPSA) is 94.5 Å². The lowest BCUT2D eigenvalue weighted by Crippen LogP contribution is -2.44. The van der Waals surface area contributed by atoms with Crippen molar-refractivity contribution in [3.8, 4) is 5.75 Å². The van der Waals surface area contributed by atoms with Gasteiger partial charge in [-0.2, -0.15) is 0 Å². The molecular formula is C23H31N2O6P. The minimum absolute atomic E-state index is 0.116. The number of rotatable bonds is 8. The summed E-state index contributed by atoms with van der Waals surface area (Å²) >= 11 is 0. The number of likely N-dealkylation sites (tertiary alicyclic amines) is 1. The Morgan fingerprint density at radius 2 is 1.66 bits per heavy atom. The quantitative estimate of drug-likeness (QED) is 0.426. The third-order valence-corrected chi connectivity index (χ3v) is 9.40. The molecule has 0 N–H and O–H groups in total. The number of carbonyl (C=O) groups excluding carboxylic acids is 2. The molecule has 8 nitrogen and oxygen atoms in total. The molecule has 1 saturated heterocycles. The lowest BCUT2D eigenvalue weighted by atomic mass is 9.87. The first kappa shape index (κ1) is 23.1. The fourth-order valence-corrected chi connectivity index (χ4v) is 7.76. The van der Waals surface area contributed by atoms with Gasteiger partial charge in [0.2, 0.25) is 11.8 Å². The van der Waals surface area contributed by atoms with Crippen LogP contribution in [0.25, 0.3) is 0 Å². The van der Waals surface area contributed by atoms with Crippen molar-refractivity contribution in [1.29, 1.82) is 0 Å². The molecule has 0 bridgehead atoms. The molecule has 1 aromatic rings. The molecule has 0 radical (unpaired) electrons. The van der Waals surface area contributed by atoms with Crippen LogP contribution in [0.3, 0.4) is 0 Å². The third-order valence-electron chi connectivity index (χ3n) is 6.72. The van der Waals surface area contributed by atoms with Crippen LogP contribution in [0.4, 0.5) is 0 Å². The third kappa shape index (κ3) is 3.44. The summed E-state index contributed by atoms with van der Waals surface area (Å²) in [7, 11) is -2.43. The summed E-state index contributed by atoms with van der Waals surface area (Å²) in [5.41, 5.74) is 0.513. The van der Waals surface area contributed by atoms with Crippen LogP contribution in [0, 0.1) is 11.8 Å². The molecule has 2 aliphatic heterocycles. The summed E-state index contributed by atoms with van der Waals surface area (Å²) in [5, 5.41) is -1.62. The van der Waals surface area contributed by atoms with Crippen molar-refractivity contribution in [3.05, 3.63) is 29.8 Å². The van der Waals surface area contributed by atoms with Crippen molar-refractivity contribution in [3.63, 3.8) is 0 Å². The van der Waals surface area contributed by atoms with E-state index in [4.69, 9.17) is 13.8 Å². The summed E-state index contributed by atoms with van der Waals surface area (Å²) in [5.74, 6) is -1.72. The fraction of sp³-hybridized carbons (Fsp3) is 0.609. The smallest absolute Gasteiger partial charge is 0.363 e. The Bertz CT molecular complexity index is 932. The molecule has 3 atom stereocenters. The van der Waals surface area contributed by atoms with Gasteiger partial charge >= 0.3 is 7.60 Å². The van der Waals surface area contributed by atoms with Gasteiger partial charge in [0.25, 0.3) is 0 Å². The summed E-state index contributed by atoms with van der Waals surface area (Å²) in [6.07, 6.45) is 6.19. The minimum atomic E-state index is -3.98. The molecule has 3 aliphatic rings. The Hall–Kier alpha value is -2.02. The Kier molecular flexibility index (Phi) is 6.57. The molecule has 2 fully saturated rings. The first-order valence-electron chi connectivity index (χ1n) is 11.4. The number of hydrogen-bond donors (Lipinski definition) is 0. The monoisotopic (exact) mass is 462 g/mol. The van der Waals surface area contributed by atoms with Crippen molar-refractivity contribution in [2.45, 2.75) is 57.3 Å². The molecule has 32 heavy (non-hydrogen) atoms. The van der Waals surface area contributed by atoms with Gasteiger partial charge in [-0.3, -0.25) is 24.0 Å². The summed E-state index contributed by atoms with van der Waals surface area (Å²) in [6.45, 7) is 3.69. The SMILES string of the molecule is CCOP(=O)(OCC)C1(c2ccc(OC)cc2)N=CC2C(=O)N(C3CCCCC3)C(=O)C21. The molecular weight excluding hydrogens is 431 g/mol. The maximum absolute atomic E-state index is 14.3. The molecule has 4 rings (SSSR count). The van der Waals surface area contributed by atoms with Crippen molar-refractivity contribution < 1.29 is 27.9 Å². The molecule has 1 aromatic carbocycles. The lowest BCUT2D eigenvalue weighted by Gasteiger charge is -2.38. The number of nitrogens with zero attached hydrogens (tertiary/aromatic N) is 2. The van der Waals surface area contributed by atoms with Crippen molar-refractivity contribution >= 4 is 25.6 Å². The normalized spacial score (nSPS) is 28.4. The van der Waals surface area contributed by atoms with Crippen LogP contribution in [0.5, 0.6) is 5.75 Å². The summed E-state index contributed by atoms with van der Waals surface area (Å²) in [6, 6.07) is 6.79. The van der Waals surface area contributed by atoms with Crippen LogP contribution < -0.4 is 4.74 Å². The predicted molar refractivity (Wildman–Crippen MR) is 120 cm³/mol. The van der Waals surface area contributed by atoms with Crippen molar-refractivity contribution in [1.82, 2.24) is 4.90 Å². The van der Waals surface area contributed by atoms with E-state index in [0.717, 1.165) is 32.1 Å². The zero-order chi connectivity index (χ0) is 22.9. The van der Waals surface area contributed by atoms with E-state index in [-0.39, 0.29) is 31.1 Å². The molecule has 0 aromatic heterocycles. The number of fused-ring (bicyclic) bond motifs is 1. The van der Waals surface area contributed by atoms with Gasteiger partial charge in [0.05, 0.1) is 32.2 Å². The molecule has 0 spiro atoms. The van der Waals surface area contributed by atoms with Crippen LogP contribution in [0.2, 0.25) is 0 Å². The average molecular weight is 462 g/mol. The van der Waals surface area contributed by atoms with Gasteiger partial charge in [0.15, 0.2) is 5.28 Å². The summed E-state index contributed by atoms with van der Waals surface area (Å²) < 4.78 is 31.1. The van der Waals surface area contributed by atoms with Gasteiger partial charge in [0.1, 0.15) is 5.75 Å². The van der Waals surface area contributed by atoms with Crippen molar-refractivity contribution in [2.24, 2.45) is 16.8 Å². The van der Waals surface area contributed by atoms with Crippen LogP contribution >= 0.6 is 7.60 Å². The van der Waals surface area contributed by atoms with Crippen LogP contribution in [-0.2, 0) is 28.5 Å². The number of aliphatic imine (C=N–C) groups is 1. The lowest BCUT2D eigenvalue weighted by molar-refractivity contribution is -0.143. The average Bonchev–Trinajstić information content (AvgIpc) is 3.32. The van der Waals surface area contributed by atoms with Gasteiger partial charge in [-0.15, -0.1) is 0 Å². The highest BCUT2D eigenvalue weighted by atomic mass is 31.2. The van der Waals surface area contributed by atoms with E-state index in [9.17, 15) is 14.2 Å². The Balaban J connectivity index is 1.85. The Morgan fingerprint density at radius 3 is 2.22 bits per heavy atom. The first-order chi connectivity index (χ1) is 15.4. The molecule has 3 unspecified atom stereocenters. The van der Waals surface area contributed by atoms with E-state index < -0.39 is 24.7 Å². The number of carbonyl (C=O) groups is 2. The molecule has 1 aliphatic carbocycles. The van der Waals surface area contributed by atoms with Gasteiger partial charge in [-0.25, -0.2) is 0 Å². The Labute approximate surface area is 188 Å². The second-order valence-electron chi connectivity index (χ2n) is 8.41. The molecule has 9 heteroatoms. The van der Waals surface area contributed by atoms with Gasteiger partial charge in [-0.05, 0) is 44.4 Å². The number of benzene rings is 1. The van der Waals surface area contributed by atoms with Gasteiger partial charge in [0, 0.05) is 12.3 Å². The molecule has 2 amide bonds. The second kappa shape index (κ2) is 9.08. The highest BCUT2D eigenvalue weighted by Gasteiger charge is 2.70. The van der Waals surface area contributed by atoms with E-state index in [2.05, 4.69) is 4.99 Å². The minimum Gasteiger partial charge on any atom is -0.497 e. The number of ether oxygens (including phenoxy) is 1. The maximum Gasteiger partial charge on any atom is 0.363 e. The second-order valence-corrected chi connectivity index (χ2v) is 10.6. The highest BCUT2D eigenvalue weighted by molar-refractivity contribution is 7.55. The van der Waals surface area contributed by atoms with Crippen LogP contribution in [-0.4, -0.2) is 49.3 Å². The van der Waals surface area contributed by atoms with Gasteiger partial charge < -0.3 is 13.8 Å². The number of amides is 2. The van der Waals surface area contributed by atoms with Crippen LogP contribution in [0.15, 0.2) is 29.3 Å². The largest absolute Gasteiger partial charge is 0.497 e. The van der Waals surface area contributed by atoms with E-state index in [1.54, 1.807) is 45.2 Å². The molecule has 174 valence electrons. The zero-order valence-electron chi connectivity index (χ0n) is 18.9. The standard InChI is InChI=1S/C23H31N2O6P/c1-4-30-32(28,31-5-2)23(16-11-13-18(29-3)14-12-16)20-19(15-24-23)21(26)25(22(20)27)17-9-7-6-8-10-17/h11-15,17,19-20H,4-10H2,1-3H3. The molecule has 1 saturated carbocycles. The first-order valence-corrected chi connectivity index (χ1v) is 12.9. The van der Waals surface area contributed by atoms with Crippen LogP contribution in [0.1, 0.15) is 51.5 Å². The maximum atomic E-state index is 14.3. The number of imide groups is 1. The number of hydrogen-bond acceptors (Lipinski definition) is 7. The molecule has 2 heterocycles. The van der Waals surface area contributed by atoms with E-state index in [1.165, 1.54) is 11.1 Å². The number of methoxy groups -OCH3 is 1. The highest BCUT2D eigenvalue weighted by Crippen LogP contribution is 2.72. The van der Waals surface area contributed by atoms with E-state index in [0.29, 0.717) is 11.3 Å². The van der Waals surface area contributed by atoms with E-state index >= 15 is 0 Å². The van der Waals surface area contributed by atoms with Crippen molar-refractivity contribution in [2.75, 3.05) is 20.3 Å².